The number of carbonyl (C=O) groups excluding carboxylic acids is 2. The first kappa shape index (κ1) is 12.5. The zero-order valence-electron chi connectivity index (χ0n) is 10.5. The molecule has 2 rings (SSSR count). The number of hydrogen-bond donors (Lipinski definition) is 2. The number of nitrogens with zero attached hydrogens (tertiary/aromatic N) is 1. The van der Waals surface area contributed by atoms with Crippen molar-refractivity contribution in [2.24, 2.45) is 0 Å². The number of aromatic nitrogens is 1. The quantitative estimate of drug-likeness (QED) is 0.771. The standard InChI is InChI=1S/C12H17N3O3/c1-7(11(16)14-2)18-12(17)10-5-8(13)6-15(10)9-3-4-9/h5-7,9H,3-4,13H2,1-2H3,(H,14,16). The van der Waals surface area contributed by atoms with Crippen LogP contribution in [0.15, 0.2) is 12.3 Å². The SMILES string of the molecule is CNC(=O)C(C)OC(=O)c1cc(N)cn1C1CC1. The third kappa shape index (κ3) is 2.47. The van der Waals surface area contributed by atoms with Crippen LogP contribution in [0.25, 0.3) is 0 Å². The predicted octanol–water partition coefficient (Wildman–Crippen LogP) is 0.696. The molecule has 1 unspecified atom stereocenters. The van der Waals surface area contributed by atoms with Crippen LogP contribution in [-0.4, -0.2) is 29.6 Å². The van der Waals surface area contributed by atoms with E-state index in [1.807, 2.05) is 4.57 Å². The highest BCUT2D eigenvalue weighted by atomic mass is 16.5. The highest BCUT2D eigenvalue weighted by Gasteiger charge is 2.29. The zero-order chi connectivity index (χ0) is 13.3. The van der Waals surface area contributed by atoms with Crippen LogP contribution < -0.4 is 11.1 Å². The number of nitrogen functional groups attached to an aromatic ring is 1. The van der Waals surface area contributed by atoms with Gasteiger partial charge < -0.3 is 20.4 Å². The Labute approximate surface area is 105 Å². The molecule has 3 N–H and O–H groups in total. The maximum absolute atomic E-state index is 12.0. The van der Waals surface area contributed by atoms with Crippen molar-refractivity contribution in [1.82, 2.24) is 9.88 Å². The summed E-state index contributed by atoms with van der Waals surface area (Å²) >= 11 is 0. The van der Waals surface area contributed by atoms with Gasteiger partial charge in [0.2, 0.25) is 0 Å². The predicted molar refractivity (Wildman–Crippen MR) is 66.1 cm³/mol. The fourth-order valence-electron chi connectivity index (χ4n) is 1.80. The molecule has 0 aliphatic heterocycles. The average Bonchev–Trinajstić information content (AvgIpc) is 3.11. The molecule has 6 nitrogen and oxygen atoms in total. The molecule has 0 radical (unpaired) electrons. The first-order valence-electron chi connectivity index (χ1n) is 5.93. The van der Waals surface area contributed by atoms with Crippen molar-refractivity contribution < 1.29 is 14.3 Å². The molecule has 0 spiro atoms. The molecule has 1 aromatic rings. The van der Waals surface area contributed by atoms with Crippen molar-refractivity contribution in [1.29, 1.82) is 0 Å². The van der Waals surface area contributed by atoms with Gasteiger partial charge in [-0.2, -0.15) is 0 Å². The number of amides is 1. The van der Waals surface area contributed by atoms with Gasteiger partial charge in [-0.1, -0.05) is 0 Å². The largest absolute Gasteiger partial charge is 0.448 e. The molecule has 1 aromatic heterocycles. The van der Waals surface area contributed by atoms with E-state index in [1.54, 1.807) is 12.3 Å². The summed E-state index contributed by atoms with van der Waals surface area (Å²) in [5.74, 6) is -0.851. The highest BCUT2D eigenvalue weighted by molar-refractivity contribution is 5.92. The van der Waals surface area contributed by atoms with E-state index in [4.69, 9.17) is 10.5 Å². The molecule has 1 aliphatic rings. The van der Waals surface area contributed by atoms with Crippen molar-refractivity contribution in [3.05, 3.63) is 18.0 Å². The number of anilines is 1. The van der Waals surface area contributed by atoms with Gasteiger partial charge in [-0.3, -0.25) is 4.79 Å². The third-order valence-electron chi connectivity index (χ3n) is 2.92. The molecule has 98 valence electrons. The van der Waals surface area contributed by atoms with Crippen LogP contribution in [-0.2, 0) is 9.53 Å². The second-order valence-electron chi connectivity index (χ2n) is 4.46. The first-order chi connectivity index (χ1) is 8.52. The van der Waals surface area contributed by atoms with E-state index in [9.17, 15) is 9.59 Å². The third-order valence-corrected chi connectivity index (χ3v) is 2.92. The van der Waals surface area contributed by atoms with E-state index < -0.39 is 12.1 Å². The molecule has 1 fully saturated rings. The van der Waals surface area contributed by atoms with E-state index in [0.29, 0.717) is 17.4 Å². The fraction of sp³-hybridized carbons (Fsp3) is 0.500. The first-order valence-corrected chi connectivity index (χ1v) is 5.93. The van der Waals surface area contributed by atoms with Crippen molar-refractivity contribution in [3.8, 4) is 0 Å². The van der Waals surface area contributed by atoms with E-state index in [0.717, 1.165) is 12.8 Å². The Morgan fingerprint density at radius 3 is 2.78 bits per heavy atom. The van der Waals surface area contributed by atoms with Gasteiger partial charge in [0.15, 0.2) is 6.10 Å². The number of carbonyl (C=O) groups is 2. The Morgan fingerprint density at radius 1 is 1.56 bits per heavy atom. The van der Waals surface area contributed by atoms with Crippen molar-refractivity contribution in [3.63, 3.8) is 0 Å². The lowest BCUT2D eigenvalue weighted by atomic mass is 10.3. The molecule has 1 atom stereocenters. The molecular weight excluding hydrogens is 234 g/mol. The number of nitrogens with two attached hydrogens (primary N) is 1. The Kier molecular flexibility index (Phi) is 3.27. The summed E-state index contributed by atoms with van der Waals surface area (Å²) in [5.41, 5.74) is 6.63. The van der Waals surface area contributed by atoms with Crippen molar-refractivity contribution >= 4 is 17.6 Å². The van der Waals surface area contributed by atoms with Crippen LogP contribution in [0, 0.1) is 0 Å². The molecule has 18 heavy (non-hydrogen) atoms. The van der Waals surface area contributed by atoms with E-state index in [-0.39, 0.29) is 5.91 Å². The van der Waals surface area contributed by atoms with Gasteiger partial charge in [0, 0.05) is 19.3 Å². The lowest BCUT2D eigenvalue weighted by molar-refractivity contribution is -0.128. The van der Waals surface area contributed by atoms with Gasteiger partial charge in [-0.05, 0) is 25.8 Å². The van der Waals surface area contributed by atoms with Gasteiger partial charge in [0.25, 0.3) is 5.91 Å². The topological polar surface area (TPSA) is 86.3 Å². The monoisotopic (exact) mass is 251 g/mol. The number of hydrogen-bond acceptors (Lipinski definition) is 4. The van der Waals surface area contributed by atoms with Crippen LogP contribution in [0.5, 0.6) is 0 Å². The van der Waals surface area contributed by atoms with Crippen LogP contribution in [0.3, 0.4) is 0 Å². The van der Waals surface area contributed by atoms with Crippen molar-refractivity contribution in [2.75, 3.05) is 12.8 Å². The summed E-state index contributed by atoms with van der Waals surface area (Å²) in [4.78, 5) is 23.3. The second-order valence-corrected chi connectivity index (χ2v) is 4.46. The van der Waals surface area contributed by atoms with E-state index >= 15 is 0 Å². The summed E-state index contributed by atoms with van der Waals surface area (Å²) in [6.45, 7) is 1.53. The summed E-state index contributed by atoms with van der Waals surface area (Å²) in [6.07, 6.45) is 3.00. The normalized spacial score (nSPS) is 16.1. The number of likely N-dealkylation sites (N-methyl/N-ethyl adjacent to an activating group) is 1. The molecule has 0 aromatic carbocycles. The van der Waals surface area contributed by atoms with Gasteiger partial charge >= 0.3 is 5.97 Å². The summed E-state index contributed by atoms with van der Waals surface area (Å²) in [5, 5.41) is 2.43. The Morgan fingerprint density at radius 2 is 2.22 bits per heavy atom. The minimum absolute atomic E-state index is 0.333. The average molecular weight is 251 g/mol. The fourth-order valence-corrected chi connectivity index (χ4v) is 1.80. The van der Waals surface area contributed by atoms with Crippen LogP contribution in [0.1, 0.15) is 36.3 Å². The molecular formula is C12H17N3O3. The minimum Gasteiger partial charge on any atom is -0.448 e. The van der Waals surface area contributed by atoms with E-state index in [2.05, 4.69) is 5.32 Å². The summed E-state index contributed by atoms with van der Waals surface area (Å²) in [7, 11) is 1.50. The van der Waals surface area contributed by atoms with Gasteiger partial charge in [0.1, 0.15) is 5.69 Å². The number of rotatable bonds is 4. The number of esters is 1. The van der Waals surface area contributed by atoms with Crippen LogP contribution in [0.4, 0.5) is 5.69 Å². The summed E-state index contributed by atoms with van der Waals surface area (Å²) in [6, 6.07) is 1.91. The molecule has 1 aliphatic carbocycles. The lowest BCUT2D eigenvalue weighted by Crippen LogP contribution is -2.33. The Hall–Kier alpha value is -1.98. The van der Waals surface area contributed by atoms with Gasteiger partial charge in [0.05, 0.1) is 5.69 Å². The molecule has 1 amide bonds. The maximum atomic E-state index is 12.0. The summed E-state index contributed by atoms with van der Waals surface area (Å²) < 4.78 is 6.92. The maximum Gasteiger partial charge on any atom is 0.355 e. The second kappa shape index (κ2) is 4.72. The number of nitrogens with one attached hydrogen (secondary N) is 1. The Bertz CT molecular complexity index is 477. The van der Waals surface area contributed by atoms with Crippen LogP contribution >= 0.6 is 0 Å². The van der Waals surface area contributed by atoms with Crippen molar-refractivity contribution in [2.45, 2.75) is 31.9 Å². The van der Waals surface area contributed by atoms with Gasteiger partial charge in [-0.15, -0.1) is 0 Å². The van der Waals surface area contributed by atoms with E-state index in [1.165, 1.54) is 14.0 Å². The Balaban J connectivity index is 2.11. The molecule has 0 bridgehead atoms. The highest BCUT2D eigenvalue weighted by Crippen LogP contribution is 2.37. The minimum atomic E-state index is -0.814. The molecule has 6 heteroatoms. The molecule has 1 saturated carbocycles. The van der Waals surface area contributed by atoms with Crippen LogP contribution in [0.2, 0.25) is 0 Å². The molecule has 0 saturated heterocycles. The van der Waals surface area contributed by atoms with Gasteiger partial charge in [-0.25, -0.2) is 4.79 Å². The zero-order valence-corrected chi connectivity index (χ0v) is 10.5. The molecule has 1 heterocycles. The number of ether oxygens (including phenoxy) is 1. The lowest BCUT2D eigenvalue weighted by Gasteiger charge is -2.12. The smallest absolute Gasteiger partial charge is 0.355 e.